The van der Waals surface area contributed by atoms with Crippen LogP contribution < -0.4 is 4.74 Å². The summed E-state index contributed by atoms with van der Waals surface area (Å²) in [6.45, 7) is 3.03. The van der Waals surface area contributed by atoms with E-state index >= 15 is 0 Å². The van der Waals surface area contributed by atoms with Crippen molar-refractivity contribution >= 4 is 11.8 Å². The lowest BCUT2D eigenvalue weighted by Gasteiger charge is -2.39. The molecular weight excluding hydrogens is 322 g/mol. The maximum Gasteiger partial charge on any atom is 0.254 e. The summed E-state index contributed by atoms with van der Waals surface area (Å²) >= 11 is 0. The van der Waals surface area contributed by atoms with Crippen molar-refractivity contribution < 1.29 is 19.1 Å². The molecule has 2 aliphatic rings. The Bertz CT molecular complexity index is 651. The van der Waals surface area contributed by atoms with Gasteiger partial charge in [0, 0.05) is 51.1 Å². The number of pyridine rings is 1. The van der Waals surface area contributed by atoms with Gasteiger partial charge in [0.2, 0.25) is 11.8 Å². The number of piperidine rings is 1. The molecule has 0 radical (unpaired) electrons. The van der Waals surface area contributed by atoms with Crippen molar-refractivity contribution in [1.29, 1.82) is 0 Å². The summed E-state index contributed by atoms with van der Waals surface area (Å²) in [6.07, 6.45) is 4.11. The van der Waals surface area contributed by atoms with Crippen LogP contribution in [0.2, 0.25) is 0 Å². The van der Waals surface area contributed by atoms with Gasteiger partial charge in [-0.25, -0.2) is 4.98 Å². The van der Waals surface area contributed by atoms with Crippen molar-refractivity contribution in [3.8, 4) is 5.88 Å². The maximum atomic E-state index is 13.0. The van der Waals surface area contributed by atoms with Crippen LogP contribution in [0.1, 0.15) is 29.6 Å². The Kier molecular flexibility index (Phi) is 5.22. The average Bonchev–Trinajstić information content (AvgIpc) is 3.07. The Hall–Kier alpha value is -2.15. The Morgan fingerprint density at radius 3 is 2.92 bits per heavy atom. The van der Waals surface area contributed by atoms with Crippen molar-refractivity contribution in [3.05, 3.63) is 23.9 Å². The van der Waals surface area contributed by atoms with Gasteiger partial charge in [0.15, 0.2) is 0 Å². The largest absolute Gasteiger partial charge is 0.481 e. The van der Waals surface area contributed by atoms with E-state index in [0.29, 0.717) is 37.7 Å². The van der Waals surface area contributed by atoms with Crippen LogP contribution in [0.3, 0.4) is 0 Å². The zero-order valence-corrected chi connectivity index (χ0v) is 14.9. The SMILES string of the molecule is COCCN1CCC[C@]2(CCN(C(=O)c3ccnc(OC)c3)C2)C1=O. The Morgan fingerprint density at radius 1 is 1.32 bits per heavy atom. The lowest BCUT2D eigenvalue weighted by Crippen LogP contribution is -2.51. The summed E-state index contributed by atoms with van der Waals surface area (Å²) in [5.74, 6) is 0.511. The molecule has 7 nitrogen and oxygen atoms in total. The zero-order valence-electron chi connectivity index (χ0n) is 14.9. The number of hydrogen-bond acceptors (Lipinski definition) is 5. The molecule has 1 spiro atoms. The van der Waals surface area contributed by atoms with Gasteiger partial charge in [-0.15, -0.1) is 0 Å². The predicted molar refractivity (Wildman–Crippen MR) is 91.4 cm³/mol. The van der Waals surface area contributed by atoms with E-state index in [1.165, 1.54) is 7.11 Å². The first-order valence-corrected chi connectivity index (χ1v) is 8.67. The molecule has 3 rings (SSSR count). The summed E-state index contributed by atoms with van der Waals surface area (Å²) in [7, 11) is 3.17. The third-order valence-corrected chi connectivity index (χ3v) is 5.22. The second-order valence-electron chi connectivity index (χ2n) is 6.73. The third-order valence-electron chi connectivity index (χ3n) is 5.22. The maximum absolute atomic E-state index is 13.0. The minimum atomic E-state index is -0.432. The van der Waals surface area contributed by atoms with Gasteiger partial charge in [0.1, 0.15) is 0 Å². The molecule has 0 unspecified atom stereocenters. The highest BCUT2D eigenvalue weighted by Crippen LogP contribution is 2.40. The fourth-order valence-corrected chi connectivity index (χ4v) is 3.83. The molecule has 3 heterocycles. The average molecular weight is 347 g/mol. The standard InChI is InChI=1S/C18H25N3O4/c1-24-11-10-20-8-3-5-18(17(20)23)6-9-21(13-18)16(22)14-4-7-19-15(12-14)25-2/h4,7,12H,3,5-6,8-11,13H2,1-2H3/t18-/m1/s1. The second-order valence-corrected chi connectivity index (χ2v) is 6.73. The monoisotopic (exact) mass is 347 g/mol. The quantitative estimate of drug-likeness (QED) is 0.800. The summed E-state index contributed by atoms with van der Waals surface area (Å²) in [5, 5.41) is 0. The fraction of sp³-hybridized carbons (Fsp3) is 0.611. The Labute approximate surface area is 147 Å². The first-order chi connectivity index (χ1) is 12.1. The summed E-state index contributed by atoms with van der Waals surface area (Å²) in [4.78, 5) is 33.5. The first kappa shape index (κ1) is 17.7. The van der Waals surface area contributed by atoms with Crippen LogP contribution in [0.15, 0.2) is 18.3 Å². The zero-order chi connectivity index (χ0) is 17.9. The van der Waals surface area contributed by atoms with Crippen LogP contribution in [-0.4, -0.2) is 73.6 Å². The topological polar surface area (TPSA) is 72.0 Å². The summed E-state index contributed by atoms with van der Waals surface area (Å²) < 4.78 is 10.2. The molecule has 1 aromatic rings. The molecule has 0 saturated carbocycles. The Balaban J connectivity index is 1.71. The van der Waals surface area contributed by atoms with Gasteiger partial charge in [0.05, 0.1) is 19.1 Å². The van der Waals surface area contributed by atoms with E-state index in [-0.39, 0.29) is 11.8 Å². The third kappa shape index (κ3) is 3.46. The fourth-order valence-electron chi connectivity index (χ4n) is 3.83. The molecule has 2 amide bonds. The van der Waals surface area contributed by atoms with E-state index in [2.05, 4.69) is 4.98 Å². The lowest BCUT2D eigenvalue weighted by atomic mass is 9.78. The van der Waals surface area contributed by atoms with Gasteiger partial charge in [-0.3, -0.25) is 9.59 Å². The van der Waals surface area contributed by atoms with Crippen molar-refractivity contribution in [2.75, 3.05) is 47.0 Å². The molecule has 1 aromatic heterocycles. The number of ether oxygens (including phenoxy) is 2. The van der Waals surface area contributed by atoms with Crippen molar-refractivity contribution in [2.45, 2.75) is 19.3 Å². The van der Waals surface area contributed by atoms with Crippen molar-refractivity contribution in [2.24, 2.45) is 5.41 Å². The number of nitrogens with zero attached hydrogens (tertiary/aromatic N) is 3. The molecule has 2 aliphatic heterocycles. The highest BCUT2D eigenvalue weighted by molar-refractivity contribution is 5.95. The van der Waals surface area contributed by atoms with Crippen LogP contribution in [0.25, 0.3) is 0 Å². The number of aromatic nitrogens is 1. The molecule has 0 bridgehead atoms. The van der Waals surface area contributed by atoms with Gasteiger partial charge in [0.25, 0.3) is 5.91 Å². The molecule has 2 saturated heterocycles. The highest BCUT2D eigenvalue weighted by Gasteiger charge is 2.49. The minimum absolute atomic E-state index is 0.0700. The number of methoxy groups -OCH3 is 2. The molecular formula is C18H25N3O4. The van der Waals surface area contributed by atoms with Gasteiger partial charge in [-0.1, -0.05) is 0 Å². The molecule has 0 aliphatic carbocycles. The molecule has 1 atom stereocenters. The number of carbonyl (C=O) groups is 2. The van der Waals surface area contributed by atoms with Crippen LogP contribution in [0.4, 0.5) is 0 Å². The van der Waals surface area contributed by atoms with Gasteiger partial charge < -0.3 is 19.3 Å². The van der Waals surface area contributed by atoms with E-state index in [4.69, 9.17) is 9.47 Å². The van der Waals surface area contributed by atoms with E-state index in [1.807, 2.05) is 4.90 Å². The normalized spacial score (nSPS) is 23.4. The van der Waals surface area contributed by atoms with Crippen molar-refractivity contribution in [3.63, 3.8) is 0 Å². The van der Waals surface area contributed by atoms with E-state index in [9.17, 15) is 9.59 Å². The van der Waals surface area contributed by atoms with E-state index in [1.54, 1.807) is 30.3 Å². The van der Waals surface area contributed by atoms with Crippen molar-refractivity contribution in [1.82, 2.24) is 14.8 Å². The lowest BCUT2D eigenvalue weighted by molar-refractivity contribution is -0.146. The van der Waals surface area contributed by atoms with Gasteiger partial charge in [-0.05, 0) is 25.3 Å². The predicted octanol–water partition coefficient (Wildman–Crippen LogP) is 1.19. The second kappa shape index (κ2) is 7.39. The first-order valence-electron chi connectivity index (χ1n) is 8.67. The highest BCUT2D eigenvalue weighted by atomic mass is 16.5. The van der Waals surface area contributed by atoms with Crippen LogP contribution in [-0.2, 0) is 9.53 Å². The van der Waals surface area contributed by atoms with E-state index in [0.717, 1.165) is 25.8 Å². The molecule has 0 N–H and O–H groups in total. The van der Waals surface area contributed by atoms with E-state index < -0.39 is 5.41 Å². The number of carbonyl (C=O) groups excluding carboxylic acids is 2. The molecule has 7 heteroatoms. The molecule has 2 fully saturated rings. The minimum Gasteiger partial charge on any atom is -0.481 e. The molecule has 25 heavy (non-hydrogen) atoms. The van der Waals surface area contributed by atoms with Gasteiger partial charge in [-0.2, -0.15) is 0 Å². The molecule has 136 valence electrons. The number of hydrogen-bond donors (Lipinski definition) is 0. The summed E-state index contributed by atoms with van der Waals surface area (Å²) in [5.41, 5.74) is 0.113. The van der Waals surface area contributed by atoms with Crippen LogP contribution in [0.5, 0.6) is 5.88 Å². The van der Waals surface area contributed by atoms with Gasteiger partial charge >= 0.3 is 0 Å². The number of rotatable bonds is 5. The smallest absolute Gasteiger partial charge is 0.254 e. The number of likely N-dealkylation sites (tertiary alicyclic amines) is 2. The van der Waals surface area contributed by atoms with Crippen LogP contribution in [0, 0.1) is 5.41 Å². The molecule has 0 aromatic carbocycles. The Morgan fingerprint density at radius 2 is 2.16 bits per heavy atom. The number of amides is 2. The van der Waals surface area contributed by atoms with Crippen LogP contribution >= 0.6 is 0 Å². The summed E-state index contributed by atoms with van der Waals surface area (Å²) in [6, 6.07) is 3.32.